The molecule has 8 heteroatoms. The minimum atomic E-state index is -0.496. The van der Waals surface area contributed by atoms with E-state index in [1.165, 1.54) is 18.9 Å². The summed E-state index contributed by atoms with van der Waals surface area (Å²) in [5.41, 5.74) is 1.62. The predicted octanol–water partition coefficient (Wildman–Crippen LogP) is 3.29. The molecule has 0 aliphatic carbocycles. The van der Waals surface area contributed by atoms with Crippen molar-refractivity contribution in [2.75, 3.05) is 19.4 Å². The molecule has 0 radical (unpaired) electrons. The molecule has 168 valence electrons. The Morgan fingerprint density at radius 3 is 2.59 bits per heavy atom. The molecule has 0 spiro atoms. The standard InChI is InChI=1S/C24H27N3O4S/c1-16(2)14-25-21(28)15-32-24-26-20-13-18(23(30)31-3)9-10-19(20)22(29)27(24)12-11-17-7-5-4-6-8-17/h4-10,13,16H,11-12,14-15H2,1-3H3,(H,25,28). The van der Waals surface area contributed by atoms with Crippen LogP contribution >= 0.6 is 11.8 Å². The maximum Gasteiger partial charge on any atom is 0.337 e. The van der Waals surface area contributed by atoms with Crippen LogP contribution in [0.5, 0.6) is 0 Å². The number of hydrogen-bond acceptors (Lipinski definition) is 6. The van der Waals surface area contributed by atoms with Crippen LogP contribution in [-0.4, -0.2) is 40.8 Å². The Hall–Kier alpha value is -3.13. The number of esters is 1. The van der Waals surface area contributed by atoms with E-state index in [0.717, 1.165) is 5.56 Å². The highest BCUT2D eigenvalue weighted by atomic mass is 32.2. The minimum absolute atomic E-state index is 0.115. The third-order valence-corrected chi connectivity index (χ3v) is 5.82. The van der Waals surface area contributed by atoms with Crippen molar-refractivity contribution in [2.45, 2.75) is 32.0 Å². The molecule has 0 aliphatic rings. The SMILES string of the molecule is COC(=O)c1ccc2c(=O)n(CCc3ccccc3)c(SCC(=O)NCC(C)C)nc2c1. The second-order valence-electron chi connectivity index (χ2n) is 7.80. The third kappa shape index (κ3) is 5.97. The molecular formula is C24H27N3O4S. The summed E-state index contributed by atoms with van der Waals surface area (Å²) < 4.78 is 6.38. The number of ether oxygens (including phenoxy) is 1. The normalized spacial score (nSPS) is 11.0. The highest BCUT2D eigenvalue weighted by Gasteiger charge is 2.16. The Labute approximate surface area is 191 Å². The van der Waals surface area contributed by atoms with Crippen LogP contribution in [0.3, 0.4) is 0 Å². The number of carbonyl (C=O) groups is 2. The molecule has 0 fully saturated rings. The number of nitrogens with one attached hydrogen (secondary N) is 1. The van der Waals surface area contributed by atoms with Gasteiger partial charge in [0.15, 0.2) is 5.16 Å². The molecule has 32 heavy (non-hydrogen) atoms. The smallest absolute Gasteiger partial charge is 0.337 e. The molecule has 1 N–H and O–H groups in total. The van der Waals surface area contributed by atoms with E-state index >= 15 is 0 Å². The number of nitrogens with zero attached hydrogens (tertiary/aromatic N) is 2. The monoisotopic (exact) mass is 453 g/mol. The first-order chi connectivity index (χ1) is 15.4. The second kappa shape index (κ2) is 10.9. The second-order valence-corrected chi connectivity index (χ2v) is 8.74. The van der Waals surface area contributed by atoms with Crippen LogP contribution in [-0.2, 0) is 22.5 Å². The summed E-state index contributed by atoms with van der Waals surface area (Å²) in [7, 11) is 1.30. The average molecular weight is 454 g/mol. The van der Waals surface area contributed by atoms with Crippen LogP contribution < -0.4 is 10.9 Å². The molecule has 0 bridgehead atoms. The zero-order valence-corrected chi connectivity index (χ0v) is 19.3. The molecule has 0 aliphatic heterocycles. The largest absolute Gasteiger partial charge is 0.465 e. The third-order valence-electron chi connectivity index (χ3n) is 4.85. The van der Waals surface area contributed by atoms with E-state index in [2.05, 4.69) is 10.3 Å². The van der Waals surface area contributed by atoms with Crippen LogP contribution in [0, 0.1) is 5.92 Å². The Balaban J connectivity index is 1.94. The number of fused-ring (bicyclic) bond motifs is 1. The Morgan fingerprint density at radius 2 is 1.91 bits per heavy atom. The zero-order valence-electron chi connectivity index (χ0n) is 18.5. The summed E-state index contributed by atoms with van der Waals surface area (Å²) in [6.45, 7) is 5.07. The van der Waals surface area contributed by atoms with E-state index < -0.39 is 5.97 Å². The topological polar surface area (TPSA) is 90.3 Å². The van der Waals surface area contributed by atoms with Gasteiger partial charge in [0.05, 0.1) is 29.3 Å². The Morgan fingerprint density at radius 1 is 1.16 bits per heavy atom. The molecule has 0 saturated carbocycles. The molecule has 3 rings (SSSR count). The van der Waals surface area contributed by atoms with Crippen LogP contribution in [0.25, 0.3) is 10.9 Å². The van der Waals surface area contributed by atoms with Crippen molar-refractivity contribution in [3.63, 3.8) is 0 Å². The van der Waals surface area contributed by atoms with Crippen LogP contribution in [0.1, 0.15) is 29.8 Å². The molecule has 0 atom stereocenters. The summed E-state index contributed by atoms with van der Waals surface area (Å²) >= 11 is 1.21. The highest BCUT2D eigenvalue weighted by molar-refractivity contribution is 7.99. The lowest BCUT2D eigenvalue weighted by Gasteiger charge is -2.14. The first-order valence-electron chi connectivity index (χ1n) is 10.5. The van der Waals surface area contributed by atoms with Gasteiger partial charge in [0.25, 0.3) is 5.56 Å². The van der Waals surface area contributed by atoms with Gasteiger partial charge in [-0.2, -0.15) is 0 Å². The van der Waals surface area contributed by atoms with Gasteiger partial charge >= 0.3 is 5.97 Å². The number of methoxy groups -OCH3 is 1. The Bertz CT molecular complexity index is 1160. The molecule has 2 aromatic carbocycles. The number of hydrogen-bond donors (Lipinski definition) is 1. The van der Waals surface area contributed by atoms with Gasteiger partial charge in [0.2, 0.25) is 5.91 Å². The summed E-state index contributed by atoms with van der Waals surface area (Å²) in [6.07, 6.45) is 0.654. The van der Waals surface area contributed by atoms with E-state index in [-0.39, 0.29) is 17.2 Å². The van der Waals surface area contributed by atoms with Crippen LogP contribution in [0.15, 0.2) is 58.5 Å². The molecule has 7 nitrogen and oxygen atoms in total. The molecular weight excluding hydrogens is 426 g/mol. The van der Waals surface area contributed by atoms with Crippen molar-refractivity contribution in [3.8, 4) is 0 Å². The van der Waals surface area contributed by atoms with Gasteiger partial charge in [-0.1, -0.05) is 55.9 Å². The lowest BCUT2D eigenvalue weighted by molar-refractivity contribution is -0.118. The number of benzene rings is 2. The minimum Gasteiger partial charge on any atom is -0.465 e. The molecule has 0 saturated heterocycles. The van der Waals surface area contributed by atoms with Gasteiger partial charge in [-0.05, 0) is 36.1 Å². The Kier molecular flexibility index (Phi) is 8.05. The highest BCUT2D eigenvalue weighted by Crippen LogP contribution is 2.20. The maximum absolute atomic E-state index is 13.3. The fourth-order valence-electron chi connectivity index (χ4n) is 3.14. The molecule has 1 aromatic heterocycles. The van der Waals surface area contributed by atoms with Gasteiger partial charge in [-0.3, -0.25) is 14.2 Å². The van der Waals surface area contributed by atoms with Crippen LogP contribution in [0.4, 0.5) is 0 Å². The molecule has 1 amide bonds. The van der Waals surface area contributed by atoms with E-state index in [1.54, 1.807) is 22.8 Å². The van der Waals surface area contributed by atoms with Crippen molar-refractivity contribution >= 4 is 34.5 Å². The molecule has 3 aromatic rings. The molecule has 0 unspecified atom stereocenters. The van der Waals surface area contributed by atoms with Crippen molar-refractivity contribution < 1.29 is 14.3 Å². The number of amides is 1. The number of aryl methyl sites for hydroxylation is 1. The number of thioether (sulfide) groups is 1. The van der Waals surface area contributed by atoms with Crippen molar-refractivity contribution in [1.29, 1.82) is 0 Å². The summed E-state index contributed by atoms with van der Waals surface area (Å²) in [4.78, 5) is 42.0. The predicted molar refractivity (Wildman–Crippen MR) is 126 cm³/mol. The molecule has 1 heterocycles. The average Bonchev–Trinajstić information content (AvgIpc) is 2.80. The van der Waals surface area contributed by atoms with Crippen molar-refractivity contribution in [2.24, 2.45) is 5.92 Å². The van der Waals surface area contributed by atoms with E-state index in [4.69, 9.17) is 4.74 Å². The van der Waals surface area contributed by atoms with E-state index in [0.29, 0.717) is 47.1 Å². The number of carbonyl (C=O) groups excluding carboxylic acids is 2. The fraction of sp³-hybridized carbons (Fsp3) is 0.333. The van der Waals surface area contributed by atoms with Crippen LogP contribution in [0.2, 0.25) is 0 Å². The number of aromatic nitrogens is 2. The number of rotatable bonds is 9. The van der Waals surface area contributed by atoms with Crippen molar-refractivity contribution in [3.05, 3.63) is 70.0 Å². The van der Waals surface area contributed by atoms with Gasteiger partial charge in [0, 0.05) is 13.1 Å². The zero-order chi connectivity index (χ0) is 23.1. The van der Waals surface area contributed by atoms with Gasteiger partial charge in [-0.25, -0.2) is 9.78 Å². The first-order valence-corrected chi connectivity index (χ1v) is 11.4. The summed E-state index contributed by atoms with van der Waals surface area (Å²) in [5.74, 6) is -0.115. The first kappa shape index (κ1) is 23.5. The van der Waals surface area contributed by atoms with Crippen molar-refractivity contribution in [1.82, 2.24) is 14.9 Å². The lowest BCUT2D eigenvalue weighted by atomic mass is 10.1. The summed E-state index contributed by atoms with van der Waals surface area (Å²) in [5, 5.41) is 3.74. The fourth-order valence-corrected chi connectivity index (χ4v) is 3.99. The van der Waals surface area contributed by atoms with Gasteiger partial charge in [0.1, 0.15) is 0 Å². The maximum atomic E-state index is 13.3. The van der Waals surface area contributed by atoms with E-state index in [9.17, 15) is 14.4 Å². The summed E-state index contributed by atoms with van der Waals surface area (Å²) in [6, 6.07) is 14.6. The van der Waals surface area contributed by atoms with E-state index in [1.807, 2.05) is 44.2 Å². The van der Waals surface area contributed by atoms with Gasteiger partial charge < -0.3 is 10.1 Å². The lowest BCUT2D eigenvalue weighted by Crippen LogP contribution is -2.29. The van der Waals surface area contributed by atoms with Gasteiger partial charge in [-0.15, -0.1) is 0 Å². The quantitative estimate of drug-likeness (QED) is 0.304.